The maximum Gasteiger partial charge on any atom is 0.340 e. The molecule has 0 aliphatic carbocycles. The lowest BCUT2D eigenvalue weighted by Crippen LogP contribution is -2.09. The molecule has 1 aromatic carbocycles. The normalized spacial score (nSPS) is 10.2. The van der Waals surface area contributed by atoms with E-state index in [4.69, 9.17) is 15.6 Å². The Bertz CT molecular complexity index is 444. The molecule has 0 spiro atoms. The van der Waals surface area contributed by atoms with Crippen LogP contribution in [0.25, 0.3) is 0 Å². The van der Waals surface area contributed by atoms with Crippen LogP contribution in [0, 0.1) is 6.92 Å². The van der Waals surface area contributed by atoms with E-state index in [1.165, 1.54) is 7.11 Å². The average molecular weight is 241 g/mol. The number of nitrogen functional groups attached to an aromatic ring is 1. The molecule has 0 unspecified atom stereocenters. The number of carboxylic acids is 1. The van der Waals surface area contributed by atoms with Crippen molar-refractivity contribution < 1.29 is 14.6 Å². The number of hydrogen-bond acceptors (Lipinski definition) is 4. The maximum absolute atomic E-state index is 11.2. The molecular weight excluding hydrogens is 226 g/mol. The lowest BCUT2D eigenvalue weighted by molar-refractivity contribution is 0.0689. The molecule has 0 amide bonds. The molecule has 0 saturated carbocycles. The van der Waals surface area contributed by atoms with Crippen LogP contribution in [0.15, 0.2) is 4.90 Å². The zero-order valence-electron chi connectivity index (χ0n) is 9.50. The van der Waals surface area contributed by atoms with Gasteiger partial charge in [0, 0.05) is 16.1 Å². The van der Waals surface area contributed by atoms with Gasteiger partial charge in [0.05, 0.1) is 7.11 Å². The molecule has 1 rings (SSSR count). The summed E-state index contributed by atoms with van der Waals surface area (Å²) in [7, 11) is 1.42. The Hall–Kier alpha value is -1.36. The van der Waals surface area contributed by atoms with Gasteiger partial charge >= 0.3 is 5.97 Å². The lowest BCUT2D eigenvalue weighted by Gasteiger charge is -2.17. The van der Waals surface area contributed by atoms with Crippen molar-refractivity contribution in [2.75, 3.05) is 12.8 Å². The van der Waals surface area contributed by atoms with Crippen molar-refractivity contribution in [3.05, 3.63) is 16.7 Å². The quantitative estimate of drug-likeness (QED) is 0.560. The first-order valence-corrected chi connectivity index (χ1v) is 5.31. The Balaban J connectivity index is 3.71. The van der Waals surface area contributed by atoms with Gasteiger partial charge in [-0.15, -0.1) is 12.6 Å². The van der Waals surface area contributed by atoms with E-state index < -0.39 is 5.97 Å². The second kappa shape index (κ2) is 4.65. The van der Waals surface area contributed by atoms with E-state index in [2.05, 4.69) is 12.6 Å². The monoisotopic (exact) mass is 241 g/mol. The van der Waals surface area contributed by atoms with Crippen LogP contribution in [0.1, 0.15) is 28.4 Å². The summed E-state index contributed by atoms with van der Waals surface area (Å²) >= 11 is 4.23. The molecule has 0 aliphatic rings. The van der Waals surface area contributed by atoms with Gasteiger partial charge in [-0.2, -0.15) is 0 Å². The minimum absolute atomic E-state index is 0.0781. The third kappa shape index (κ3) is 1.82. The second-order valence-electron chi connectivity index (χ2n) is 3.43. The summed E-state index contributed by atoms with van der Waals surface area (Å²) in [6.07, 6.45) is 0.635. The fourth-order valence-electron chi connectivity index (χ4n) is 1.73. The van der Waals surface area contributed by atoms with Crippen LogP contribution < -0.4 is 10.5 Å². The number of aromatic carboxylic acids is 1. The first-order valence-electron chi connectivity index (χ1n) is 4.86. The van der Waals surface area contributed by atoms with Crippen molar-refractivity contribution in [1.29, 1.82) is 0 Å². The zero-order chi connectivity index (χ0) is 12.5. The molecular formula is C11H15NO3S. The summed E-state index contributed by atoms with van der Waals surface area (Å²) in [4.78, 5) is 11.5. The number of hydrogen-bond donors (Lipinski definition) is 3. The van der Waals surface area contributed by atoms with Crippen LogP contribution in [-0.4, -0.2) is 18.2 Å². The number of rotatable bonds is 3. The molecule has 1 aromatic rings. The van der Waals surface area contributed by atoms with Crippen LogP contribution in [0.5, 0.6) is 5.75 Å². The van der Waals surface area contributed by atoms with Crippen LogP contribution >= 0.6 is 12.6 Å². The molecule has 16 heavy (non-hydrogen) atoms. The van der Waals surface area contributed by atoms with Gasteiger partial charge < -0.3 is 15.6 Å². The van der Waals surface area contributed by atoms with Crippen molar-refractivity contribution in [2.45, 2.75) is 25.2 Å². The minimum Gasteiger partial charge on any atom is -0.495 e. The number of carbonyl (C=O) groups is 1. The zero-order valence-corrected chi connectivity index (χ0v) is 10.4. The predicted octanol–water partition coefficient (Wildman–Crippen LogP) is 2.14. The summed E-state index contributed by atoms with van der Waals surface area (Å²) in [5.41, 5.74) is 7.94. The molecule has 0 fully saturated rings. The fourth-order valence-corrected chi connectivity index (χ4v) is 2.21. The molecule has 0 radical (unpaired) electrons. The highest BCUT2D eigenvalue weighted by Gasteiger charge is 2.22. The third-order valence-electron chi connectivity index (χ3n) is 2.59. The number of thiol groups is 1. The highest BCUT2D eigenvalue weighted by Crippen LogP contribution is 2.37. The van der Waals surface area contributed by atoms with E-state index in [9.17, 15) is 4.79 Å². The van der Waals surface area contributed by atoms with Crippen LogP contribution in [-0.2, 0) is 6.42 Å². The topological polar surface area (TPSA) is 72.5 Å². The molecule has 0 atom stereocenters. The average Bonchev–Trinajstić information content (AvgIpc) is 2.23. The highest BCUT2D eigenvalue weighted by atomic mass is 32.1. The Labute approximate surface area is 99.8 Å². The van der Waals surface area contributed by atoms with Crippen molar-refractivity contribution in [3.8, 4) is 5.75 Å². The Morgan fingerprint density at radius 1 is 1.56 bits per heavy atom. The van der Waals surface area contributed by atoms with Crippen LogP contribution in [0.3, 0.4) is 0 Å². The summed E-state index contributed by atoms with van der Waals surface area (Å²) in [5, 5.41) is 9.14. The fraction of sp³-hybridized carbons (Fsp3) is 0.364. The molecule has 5 heteroatoms. The van der Waals surface area contributed by atoms with Gasteiger partial charge in [-0.25, -0.2) is 4.79 Å². The SMILES string of the molecule is CCc1c(N)c(C)c(OC)c(C(=O)O)c1S. The van der Waals surface area contributed by atoms with Crippen molar-refractivity contribution >= 4 is 24.3 Å². The van der Waals surface area contributed by atoms with E-state index in [0.717, 1.165) is 5.56 Å². The van der Waals surface area contributed by atoms with Crippen LogP contribution in [0.2, 0.25) is 0 Å². The molecule has 3 N–H and O–H groups in total. The Morgan fingerprint density at radius 2 is 2.12 bits per heavy atom. The molecule has 88 valence electrons. The molecule has 0 saturated heterocycles. The van der Waals surface area contributed by atoms with Gasteiger partial charge in [-0.1, -0.05) is 6.92 Å². The molecule has 4 nitrogen and oxygen atoms in total. The van der Waals surface area contributed by atoms with Gasteiger partial charge in [0.25, 0.3) is 0 Å². The maximum atomic E-state index is 11.2. The van der Waals surface area contributed by atoms with E-state index >= 15 is 0 Å². The van der Waals surface area contributed by atoms with Crippen molar-refractivity contribution in [3.63, 3.8) is 0 Å². The summed E-state index contributed by atoms with van der Waals surface area (Å²) < 4.78 is 5.09. The number of anilines is 1. The first kappa shape index (κ1) is 12.7. The summed E-state index contributed by atoms with van der Waals surface area (Å²) in [5.74, 6) is -0.771. The standard InChI is InChI=1S/C11H15NO3S/c1-4-6-8(12)5(2)9(15-3)7(10(6)16)11(13)14/h16H,4,12H2,1-3H3,(H,13,14). The predicted molar refractivity (Wildman–Crippen MR) is 65.7 cm³/mol. The number of ether oxygens (including phenoxy) is 1. The van der Waals surface area contributed by atoms with Crippen LogP contribution in [0.4, 0.5) is 5.69 Å². The van der Waals surface area contributed by atoms with Gasteiger partial charge in [-0.3, -0.25) is 0 Å². The molecule has 0 heterocycles. The second-order valence-corrected chi connectivity index (χ2v) is 3.88. The van der Waals surface area contributed by atoms with E-state index in [1.54, 1.807) is 6.92 Å². The molecule has 0 bridgehead atoms. The smallest absolute Gasteiger partial charge is 0.340 e. The molecule has 0 aromatic heterocycles. The first-order chi connectivity index (χ1) is 7.45. The Kier molecular flexibility index (Phi) is 3.70. The molecule has 0 aliphatic heterocycles. The summed E-state index contributed by atoms with van der Waals surface area (Å²) in [6, 6.07) is 0. The van der Waals surface area contributed by atoms with Gasteiger partial charge in [0.2, 0.25) is 0 Å². The lowest BCUT2D eigenvalue weighted by atomic mass is 10.00. The number of benzene rings is 1. The largest absolute Gasteiger partial charge is 0.495 e. The van der Waals surface area contributed by atoms with Crippen molar-refractivity contribution in [2.24, 2.45) is 0 Å². The van der Waals surface area contributed by atoms with Crippen molar-refractivity contribution in [1.82, 2.24) is 0 Å². The summed E-state index contributed by atoms with van der Waals surface area (Å²) in [6.45, 7) is 3.65. The van der Waals surface area contributed by atoms with E-state index in [-0.39, 0.29) is 11.3 Å². The number of nitrogens with two attached hydrogens (primary N) is 1. The Morgan fingerprint density at radius 3 is 2.50 bits per heavy atom. The van der Waals surface area contributed by atoms with Gasteiger partial charge in [0.15, 0.2) is 0 Å². The minimum atomic E-state index is -1.06. The van der Waals surface area contributed by atoms with E-state index in [1.807, 2.05) is 6.92 Å². The number of carboxylic acid groups (broad SMARTS) is 1. The number of methoxy groups -OCH3 is 1. The van der Waals surface area contributed by atoms with Gasteiger partial charge in [-0.05, 0) is 18.9 Å². The third-order valence-corrected chi connectivity index (χ3v) is 3.08. The van der Waals surface area contributed by atoms with E-state index in [0.29, 0.717) is 22.6 Å². The van der Waals surface area contributed by atoms with Gasteiger partial charge in [0.1, 0.15) is 11.3 Å². The highest BCUT2D eigenvalue weighted by molar-refractivity contribution is 7.80.